The van der Waals surface area contributed by atoms with Crippen LogP contribution in [-0.4, -0.2) is 18.4 Å². The lowest BCUT2D eigenvalue weighted by atomic mass is 10.1. The minimum Gasteiger partial charge on any atom is -0.326 e. The van der Waals surface area contributed by atoms with Crippen molar-refractivity contribution in [3.63, 3.8) is 0 Å². The second-order valence-corrected chi connectivity index (χ2v) is 6.19. The van der Waals surface area contributed by atoms with Gasteiger partial charge in [0.1, 0.15) is 0 Å². The predicted octanol–water partition coefficient (Wildman–Crippen LogP) is 3.55. The number of rotatable bonds is 4. The van der Waals surface area contributed by atoms with Gasteiger partial charge >= 0.3 is 0 Å². The maximum atomic E-state index is 12.6. The van der Waals surface area contributed by atoms with Gasteiger partial charge in [-0.3, -0.25) is 9.59 Å². The highest BCUT2D eigenvalue weighted by Crippen LogP contribution is 2.29. The molecule has 0 aromatic heterocycles. The zero-order chi connectivity index (χ0) is 17.1. The third-order valence-corrected chi connectivity index (χ3v) is 4.56. The fourth-order valence-electron chi connectivity index (χ4n) is 3.14. The van der Waals surface area contributed by atoms with Crippen molar-refractivity contribution < 1.29 is 9.59 Å². The first-order valence-corrected chi connectivity index (χ1v) is 8.35. The van der Waals surface area contributed by atoms with Gasteiger partial charge in [-0.1, -0.05) is 43.3 Å². The molecule has 0 bridgehead atoms. The number of anilines is 2. The molecule has 0 spiro atoms. The van der Waals surface area contributed by atoms with Crippen molar-refractivity contribution in [1.29, 1.82) is 0 Å². The molecular formula is C20H22N2O2. The summed E-state index contributed by atoms with van der Waals surface area (Å²) in [5.74, 6) is -0.392. The van der Waals surface area contributed by atoms with Crippen LogP contribution in [0.3, 0.4) is 0 Å². The molecular weight excluding hydrogens is 300 g/mol. The smallest absolute Gasteiger partial charge is 0.229 e. The second-order valence-electron chi connectivity index (χ2n) is 6.19. The topological polar surface area (TPSA) is 49.4 Å². The molecule has 24 heavy (non-hydrogen) atoms. The maximum Gasteiger partial charge on any atom is 0.229 e. The Balaban J connectivity index is 1.75. The number of carbonyl (C=O) groups is 2. The van der Waals surface area contributed by atoms with Crippen LogP contribution in [0.5, 0.6) is 0 Å². The summed E-state index contributed by atoms with van der Waals surface area (Å²) in [6.07, 6.45) is 1.12. The molecule has 1 N–H and O–H groups in total. The first-order valence-electron chi connectivity index (χ1n) is 8.35. The van der Waals surface area contributed by atoms with Gasteiger partial charge in [0.15, 0.2) is 0 Å². The quantitative estimate of drug-likeness (QED) is 0.936. The molecule has 4 heteroatoms. The van der Waals surface area contributed by atoms with E-state index in [4.69, 9.17) is 0 Å². The summed E-state index contributed by atoms with van der Waals surface area (Å²) in [6.45, 7) is 4.47. The summed E-state index contributed by atoms with van der Waals surface area (Å²) in [5, 5.41) is 2.96. The molecule has 4 nitrogen and oxygen atoms in total. The molecule has 0 aliphatic carbocycles. The minimum absolute atomic E-state index is 0.0147. The van der Waals surface area contributed by atoms with E-state index in [1.54, 1.807) is 4.90 Å². The number of hydrogen-bond acceptors (Lipinski definition) is 2. The van der Waals surface area contributed by atoms with Gasteiger partial charge in [-0.15, -0.1) is 0 Å². The van der Waals surface area contributed by atoms with Crippen LogP contribution in [-0.2, 0) is 16.0 Å². The van der Waals surface area contributed by atoms with Gasteiger partial charge in [-0.25, -0.2) is 0 Å². The van der Waals surface area contributed by atoms with Crippen LogP contribution in [0.1, 0.15) is 24.5 Å². The van der Waals surface area contributed by atoms with Crippen molar-refractivity contribution >= 4 is 23.2 Å². The van der Waals surface area contributed by atoms with Crippen LogP contribution >= 0.6 is 0 Å². The molecule has 1 fully saturated rings. The van der Waals surface area contributed by atoms with E-state index in [9.17, 15) is 9.59 Å². The fourth-order valence-corrected chi connectivity index (χ4v) is 3.14. The van der Waals surface area contributed by atoms with Crippen LogP contribution in [0.25, 0.3) is 0 Å². The van der Waals surface area contributed by atoms with E-state index in [0.717, 1.165) is 28.9 Å². The average Bonchev–Trinajstić information content (AvgIpc) is 2.98. The van der Waals surface area contributed by atoms with Crippen LogP contribution in [0.2, 0.25) is 0 Å². The molecule has 3 rings (SSSR count). The van der Waals surface area contributed by atoms with E-state index in [0.29, 0.717) is 6.54 Å². The monoisotopic (exact) mass is 322 g/mol. The number of amides is 2. The van der Waals surface area contributed by atoms with Gasteiger partial charge in [0, 0.05) is 24.3 Å². The van der Waals surface area contributed by atoms with Gasteiger partial charge in [0.2, 0.25) is 11.8 Å². The number of aryl methyl sites for hydroxylation is 2. The van der Waals surface area contributed by atoms with Crippen molar-refractivity contribution in [2.75, 3.05) is 16.8 Å². The first-order chi connectivity index (χ1) is 11.6. The molecule has 2 amide bonds. The van der Waals surface area contributed by atoms with E-state index in [1.807, 2.05) is 55.5 Å². The second kappa shape index (κ2) is 6.87. The summed E-state index contributed by atoms with van der Waals surface area (Å²) in [6, 6.07) is 15.6. The predicted molar refractivity (Wildman–Crippen MR) is 96.1 cm³/mol. The van der Waals surface area contributed by atoms with Gasteiger partial charge in [-0.05, 0) is 36.6 Å². The van der Waals surface area contributed by atoms with E-state index >= 15 is 0 Å². The minimum atomic E-state index is -0.318. The summed E-state index contributed by atoms with van der Waals surface area (Å²) < 4.78 is 0. The molecule has 0 radical (unpaired) electrons. The Morgan fingerprint density at radius 2 is 1.88 bits per heavy atom. The lowest BCUT2D eigenvalue weighted by molar-refractivity contribution is -0.122. The Kier molecular flexibility index (Phi) is 4.65. The number of carbonyl (C=O) groups excluding carboxylic acids is 2. The fraction of sp³-hybridized carbons (Fsp3) is 0.300. The zero-order valence-corrected chi connectivity index (χ0v) is 14.1. The summed E-state index contributed by atoms with van der Waals surface area (Å²) in [4.78, 5) is 26.7. The number of para-hydroxylation sites is 2. The first kappa shape index (κ1) is 16.2. The molecule has 1 saturated heterocycles. The Labute approximate surface area is 142 Å². The normalized spacial score (nSPS) is 17.2. The molecule has 1 aliphatic rings. The molecule has 1 aliphatic heterocycles. The van der Waals surface area contributed by atoms with Crippen molar-refractivity contribution in [3.05, 3.63) is 59.7 Å². The van der Waals surface area contributed by atoms with Crippen LogP contribution in [0.4, 0.5) is 11.4 Å². The summed E-state index contributed by atoms with van der Waals surface area (Å²) >= 11 is 0. The summed E-state index contributed by atoms with van der Waals surface area (Å²) in [7, 11) is 0. The lowest BCUT2D eigenvalue weighted by Crippen LogP contribution is -2.28. The molecule has 0 saturated carbocycles. The van der Waals surface area contributed by atoms with Gasteiger partial charge in [0.05, 0.1) is 5.92 Å². The van der Waals surface area contributed by atoms with Gasteiger partial charge in [-0.2, -0.15) is 0 Å². The largest absolute Gasteiger partial charge is 0.326 e. The average molecular weight is 322 g/mol. The Hall–Kier alpha value is -2.62. The number of nitrogens with one attached hydrogen (secondary N) is 1. The van der Waals surface area contributed by atoms with E-state index in [-0.39, 0.29) is 24.2 Å². The Bertz CT molecular complexity index is 770. The van der Waals surface area contributed by atoms with E-state index < -0.39 is 0 Å². The highest BCUT2D eigenvalue weighted by Gasteiger charge is 2.35. The molecule has 2 aromatic carbocycles. The van der Waals surface area contributed by atoms with Gasteiger partial charge < -0.3 is 10.2 Å². The zero-order valence-electron chi connectivity index (χ0n) is 14.1. The maximum absolute atomic E-state index is 12.6. The molecule has 124 valence electrons. The molecule has 1 heterocycles. The van der Waals surface area contributed by atoms with Crippen LogP contribution < -0.4 is 10.2 Å². The number of benzene rings is 2. The Morgan fingerprint density at radius 1 is 1.17 bits per heavy atom. The molecule has 0 unspecified atom stereocenters. The summed E-state index contributed by atoms with van der Waals surface area (Å²) in [5.41, 5.74) is 3.88. The van der Waals surface area contributed by atoms with Crippen molar-refractivity contribution in [2.45, 2.75) is 26.7 Å². The van der Waals surface area contributed by atoms with Crippen molar-refractivity contribution in [3.8, 4) is 0 Å². The van der Waals surface area contributed by atoms with E-state index in [2.05, 4.69) is 12.2 Å². The highest BCUT2D eigenvalue weighted by atomic mass is 16.2. The SMILES string of the molecule is CCc1ccccc1N1C[C@@H](C(=O)Nc2ccccc2C)CC1=O. The van der Waals surface area contributed by atoms with Crippen LogP contribution in [0.15, 0.2) is 48.5 Å². The third kappa shape index (κ3) is 3.18. The Morgan fingerprint density at radius 3 is 2.62 bits per heavy atom. The lowest BCUT2D eigenvalue weighted by Gasteiger charge is -2.20. The highest BCUT2D eigenvalue weighted by molar-refractivity contribution is 6.04. The standard InChI is InChI=1S/C20H22N2O2/c1-3-15-9-5-7-11-18(15)22-13-16(12-19(22)23)20(24)21-17-10-6-4-8-14(17)2/h4-11,16H,3,12-13H2,1-2H3,(H,21,24)/t16-/m0/s1. The number of hydrogen-bond donors (Lipinski definition) is 1. The van der Waals surface area contributed by atoms with Crippen molar-refractivity contribution in [2.24, 2.45) is 5.92 Å². The van der Waals surface area contributed by atoms with Crippen LogP contribution in [0, 0.1) is 12.8 Å². The van der Waals surface area contributed by atoms with Gasteiger partial charge in [0.25, 0.3) is 0 Å². The van der Waals surface area contributed by atoms with E-state index in [1.165, 1.54) is 0 Å². The van der Waals surface area contributed by atoms with Crippen molar-refractivity contribution in [1.82, 2.24) is 0 Å². The number of nitrogens with zero attached hydrogens (tertiary/aromatic N) is 1. The molecule has 2 aromatic rings. The third-order valence-electron chi connectivity index (χ3n) is 4.56. The molecule has 1 atom stereocenters.